The smallest absolute Gasteiger partial charge is 0.356 e. The molecule has 2 fully saturated rings. The Bertz CT molecular complexity index is 696. The molecule has 2 unspecified atom stereocenters. The molecule has 0 radical (unpaired) electrons. The molecule has 0 aromatic carbocycles. The number of nitrogens with zero attached hydrogens (tertiary/aromatic N) is 4. The highest BCUT2D eigenvalue weighted by Crippen LogP contribution is 2.37. The summed E-state index contributed by atoms with van der Waals surface area (Å²) in [6.45, 7) is 2.00. The number of aromatic nitrogens is 3. The Morgan fingerprint density at radius 3 is 3.00 bits per heavy atom. The van der Waals surface area contributed by atoms with Crippen molar-refractivity contribution in [1.29, 1.82) is 0 Å². The molecule has 0 amide bonds. The molecule has 110 valence electrons. The van der Waals surface area contributed by atoms with Crippen LogP contribution in [-0.2, 0) is 0 Å². The standard InChI is InChI=1S/C15H18N4O2/c20-15(21)12-9-19-6-4-16-13(14(19)17-12)18-5-3-10-1-2-11(7-10)8-18/h4,6,9-11H,1-3,5,7-8H2,(H,20,21). The fourth-order valence-corrected chi connectivity index (χ4v) is 3.77. The Morgan fingerprint density at radius 2 is 2.14 bits per heavy atom. The highest BCUT2D eigenvalue weighted by Gasteiger charge is 2.31. The van der Waals surface area contributed by atoms with Crippen molar-refractivity contribution in [2.24, 2.45) is 11.8 Å². The highest BCUT2D eigenvalue weighted by molar-refractivity contribution is 5.87. The molecule has 2 bridgehead atoms. The first-order chi connectivity index (χ1) is 10.2. The summed E-state index contributed by atoms with van der Waals surface area (Å²) in [5, 5.41) is 9.11. The Kier molecular flexibility index (Phi) is 2.83. The molecule has 2 aromatic rings. The Hall–Kier alpha value is -2.11. The first-order valence-corrected chi connectivity index (χ1v) is 7.52. The van der Waals surface area contributed by atoms with E-state index < -0.39 is 5.97 Å². The van der Waals surface area contributed by atoms with Gasteiger partial charge in [0.15, 0.2) is 17.2 Å². The number of hydrogen-bond acceptors (Lipinski definition) is 4. The number of rotatable bonds is 2. The van der Waals surface area contributed by atoms with Crippen LogP contribution in [0.15, 0.2) is 18.6 Å². The van der Waals surface area contributed by atoms with Crippen molar-refractivity contribution in [3.63, 3.8) is 0 Å². The van der Waals surface area contributed by atoms with Crippen molar-refractivity contribution in [3.05, 3.63) is 24.3 Å². The average Bonchev–Trinajstić information content (AvgIpc) is 3.02. The van der Waals surface area contributed by atoms with Gasteiger partial charge in [0.1, 0.15) is 0 Å². The second kappa shape index (κ2) is 4.72. The van der Waals surface area contributed by atoms with E-state index in [-0.39, 0.29) is 5.69 Å². The number of carboxylic acids is 1. The van der Waals surface area contributed by atoms with Gasteiger partial charge < -0.3 is 14.4 Å². The van der Waals surface area contributed by atoms with Gasteiger partial charge in [-0.15, -0.1) is 0 Å². The number of imidazole rings is 1. The van der Waals surface area contributed by atoms with E-state index in [9.17, 15) is 4.79 Å². The fourth-order valence-electron chi connectivity index (χ4n) is 3.77. The van der Waals surface area contributed by atoms with Crippen LogP contribution in [0.1, 0.15) is 36.2 Å². The van der Waals surface area contributed by atoms with E-state index in [1.165, 1.54) is 25.7 Å². The molecule has 1 aliphatic carbocycles. The van der Waals surface area contributed by atoms with Gasteiger partial charge in [-0.3, -0.25) is 0 Å². The topological polar surface area (TPSA) is 70.7 Å². The lowest BCUT2D eigenvalue weighted by Gasteiger charge is -2.25. The van der Waals surface area contributed by atoms with Gasteiger partial charge in [0.05, 0.1) is 0 Å². The Balaban J connectivity index is 1.73. The van der Waals surface area contributed by atoms with Gasteiger partial charge in [-0.2, -0.15) is 0 Å². The molecule has 1 saturated heterocycles. The molecule has 6 nitrogen and oxygen atoms in total. The molecular formula is C15H18N4O2. The van der Waals surface area contributed by atoms with E-state index in [2.05, 4.69) is 14.9 Å². The van der Waals surface area contributed by atoms with Crippen LogP contribution in [0.25, 0.3) is 5.65 Å². The van der Waals surface area contributed by atoms with Crippen molar-refractivity contribution in [2.45, 2.75) is 25.7 Å². The third-order valence-corrected chi connectivity index (χ3v) is 4.81. The minimum absolute atomic E-state index is 0.0700. The first kappa shape index (κ1) is 12.6. The van der Waals surface area contributed by atoms with E-state index in [0.717, 1.165) is 30.7 Å². The molecule has 1 saturated carbocycles. The fraction of sp³-hybridized carbons (Fsp3) is 0.533. The largest absolute Gasteiger partial charge is 0.476 e. The Morgan fingerprint density at radius 1 is 1.29 bits per heavy atom. The zero-order chi connectivity index (χ0) is 14.4. The van der Waals surface area contributed by atoms with Crippen molar-refractivity contribution >= 4 is 17.4 Å². The molecule has 6 heteroatoms. The predicted octanol–water partition coefficient (Wildman–Crippen LogP) is 2.05. The SMILES string of the molecule is O=C(O)c1cn2ccnc(N3CCC4CCC(C4)C3)c2n1. The summed E-state index contributed by atoms with van der Waals surface area (Å²) in [5.74, 6) is 1.42. The van der Waals surface area contributed by atoms with Crippen molar-refractivity contribution in [2.75, 3.05) is 18.0 Å². The van der Waals surface area contributed by atoms with E-state index in [1.807, 2.05) is 0 Å². The van der Waals surface area contributed by atoms with Gasteiger partial charge in [-0.1, -0.05) is 6.42 Å². The highest BCUT2D eigenvalue weighted by atomic mass is 16.4. The number of carbonyl (C=O) groups is 1. The van der Waals surface area contributed by atoms with Crippen LogP contribution < -0.4 is 4.90 Å². The summed E-state index contributed by atoms with van der Waals surface area (Å²) in [7, 11) is 0. The maximum atomic E-state index is 11.1. The minimum atomic E-state index is -1.00. The zero-order valence-electron chi connectivity index (χ0n) is 11.8. The molecular weight excluding hydrogens is 268 g/mol. The zero-order valence-corrected chi connectivity index (χ0v) is 11.8. The van der Waals surface area contributed by atoms with Crippen LogP contribution in [0.4, 0.5) is 5.82 Å². The van der Waals surface area contributed by atoms with Crippen molar-refractivity contribution in [3.8, 4) is 0 Å². The normalized spacial score (nSPS) is 25.2. The van der Waals surface area contributed by atoms with Crippen LogP contribution in [0, 0.1) is 11.8 Å². The summed E-state index contributed by atoms with van der Waals surface area (Å²) in [4.78, 5) is 22.1. The van der Waals surface area contributed by atoms with E-state index in [4.69, 9.17) is 5.11 Å². The molecule has 2 atom stereocenters. The van der Waals surface area contributed by atoms with Gasteiger partial charge in [0.2, 0.25) is 0 Å². The van der Waals surface area contributed by atoms with Gasteiger partial charge in [-0.05, 0) is 31.1 Å². The quantitative estimate of drug-likeness (QED) is 0.915. The second-order valence-electron chi connectivity index (χ2n) is 6.19. The summed E-state index contributed by atoms with van der Waals surface area (Å²) in [6, 6.07) is 0. The number of hydrogen-bond donors (Lipinski definition) is 1. The maximum Gasteiger partial charge on any atom is 0.356 e. The molecule has 1 aliphatic heterocycles. The predicted molar refractivity (Wildman–Crippen MR) is 77.6 cm³/mol. The molecule has 2 aliphatic rings. The average molecular weight is 286 g/mol. The lowest BCUT2D eigenvalue weighted by molar-refractivity contribution is 0.0691. The Labute approximate surface area is 122 Å². The number of aromatic carboxylic acids is 1. The van der Waals surface area contributed by atoms with E-state index >= 15 is 0 Å². The van der Waals surface area contributed by atoms with Crippen LogP contribution >= 0.6 is 0 Å². The number of carboxylic acid groups (broad SMARTS) is 1. The summed E-state index contributed by atoms with van der Waals surface area (Å²) >= 11 is 0. The van der Waals surface area contributed by atoms with Gasteiger partial charge >= 0.3 is 5.97 Å². The lowest BCUT2D eigenvalue weighted by atomic mass is 10.0. The monoisotopic (exact) mass is 286 g/mol. The van der Waals surface area contributed by atoms with Crippen LogP contribution in [-0.4, -0.2) is 38.5 Å². The lowest BCUT2D eigenvalue weighted by Crippen LogP contribution is -2.30. The number of anilines is 1. The third kappa shape index (κ3) is 2.14. The van der Waals surface area contributed by atoms with Gasteiger partial charge in [0.25, 0.3) is 0 Å². The van der Waals surface area contributed by atoms with Crippen LogP contribution in [0.2, 0.25) is 0 Å². The summed E-state index contributed by atoms with van der Waals surface area (Å²) in [6.07, 6.45) is 10.2. The van der Waals surface area contributed by atoms with Gasteiger partial charge in [-0.25, -0.2) is 14.8 Å². The van der Waals surface area contributed by atoms with Crippen LogP contribution in [0.3, 0.4) is 0 Å². The van der Waals surface area contributed by atoms with E-state index in [0.29, 0.717) is 5.65 Å². The number of fused-ring (bicyclic) bond motifs is 3. The second-order valence-corrected chi connectivity index (χ2v) is 6.19. The molecule has 0 spiro atoms. The van der Waals surface area contributed by atoms with Gasteiger partial charge in [0, 0.05) is 31.7 Å². The minimum Gasteiger partial charge on any atom is -0.476 e. The van der Waals surface area contributed by atoms with Crippen LogP contribution in [0.5, 0.6) is 0 Å². The van der Waals surface area contributed by atoms with E-state index in [1.54, 1.807) is 23.0 Å². The summed E-state index contributed by atoms with van der Waals surface area (Å²) in [5.41, 5.74) is 0.716. The van der Waals surface area contributed by atoms with Crippen molar-refractivity contribution in [1.82, 2.24) is 14.4 Å². The maximum absolute atomic E-state index is 11.1. The summed E-state index contributed by atoms with van der Waals surface area (Å²) < 4.78 is 1.76. The molecule has 3 heterocycles. The first-order valence-electron chi connectivity index (χ1n) is 7.52. The van der Waals surface area contributed by atoms with Crippen molar-refractivity contribution < 1.29 is 9.90 Å². The molecule has 2 aromatic heterocycles. The molecule has 4 rings (SSSR count). The molecule has 21 heavy (non-hydrogen) atoms. The molecule has 1 N–H and O–H groups in total. The third-order valence-electron chi connectivity index (χ3n) is 4.81.